The minimum Gasteiger partial charge on any atom is -0.309 e. The predicted molar refractivity (Wildman–Crippen MR) is 505 cm³/mol. The molecule has 0 spiro atoms. The molecule has 27 rings (SSSR count). The van der Waals surface area contributed by atoms with Gasteiger partial charge in [0.25, 0.3) is 0 Å². The summed E-state index contributed by atoms with van der Waals surface area (Å²) >= 11 is 1.83. The molecule has 0 aliphatic carbocycles. The van der Waals surface area contributed by atoms with Crippen LogP contribution in [-0.2, 0) is 0 Å². The van der Waals surface area contributed by atoms with Crippen LogP contribution in [0.2, 0.25) is 0 Å². The van der Waals surface area contributed by atoms with Crippen molar-refractivity contribution in [1.29, 1.82) is 0 Å². The third-order valence-electron chi connectivity index (χ3n) is 25.1. The summed E-state index contributed by atoms with van der Waals surface area (Å²) in [5.41, 5.74) is 20.4. The van der Waals surface area contributed by atoms with Gasteiger partial charge in [0.05, 0.1) is 89.0 Å². The fourth-order valence-corrected chi connectivity index (χ4v) is 21.1. The van der Waals surface area contributed by atoms with Gasteiger partial charge in [-0.2, -0.15) is 0 Å². The zero-order valence-electron chi connectivity index (χ0n) is 64.5. The van der Waals surface area contributed by atoms with E-state index < -0.39 is 0 Å². The van der Waals surface area contributed by atoms with Crippen LogP contribution in [0.4, 0.5) is 0 Å². The molecule has 9 nitrogen and oxygen atoms in total. The third kappa shape index (κ3) is 9.70. The summed E-state index contributed by atoms with van der Waals surface area (Å²) in [5.74, 6) is 1.29. The maximum Gasteiger partial charge on any atom is 0.235 e. The van der Waals surface area contributed by atoms with Crippen LogP contribution >= 0.6 is 11.3 Å². The minimum atomic E-state index is 0.632. The maximum atomic E-state index is 5.62. The molecule has 0 aliphatic rings. The van der Waals surface area contributed by atoms with E-state index in [0.29, 0.717) is 11.9 Å². The molecule has 0 saturated carbocycles. The van der Waals surface area contributed by atoms with Crippen LogP contribution in [0.3, 0.4) is 0 Å². The normalized spacial score (nSPS) is 12.2. The SMILES string of the molecule is c1ccc(-n2c3ccccc3c3ccc(-c4nc(-n5c6ccccc6c6c(-n7c8ccccc8c8c9ccccc9ccc87)c7ccccc7cc65)nc5ccccc45)cc32)cc1.c1ccc2c(-n3c4ccccc4c4c5ccccc5ccc43)c3c4ccccc4n(-c4nc(-c5ccc6c(c5)sc5ccccc56)c5ccccc5n4)c3cc2c1. The van der Waals surface area contributed by atoms with Crippen LogP contribution in [0.5, 0.6) is 0 Å². The van der Waals surface area contributed by atoms with Crippen molar-refractivity contribution in [3.8, 4) is 51.5 Å². The van der Waals surface area contributed by atoms with E-state index in [-0.39, 0.29) is 0 Å². The average Bonchev–Trinajstić information content (AvgIpc) is 1.54. The smallest absolute Gasteiger partial charge is 0.235 e. The van der Waals surface area contributed by atoms with Gasteiger partial charge in [-0.05, 0) is 129 Å². The van der Waals surface area contributed by atoms with Gasteiger partial charge in [-0.1, -0.05) is 297 Å². The topological polar surface area (TPSA) is 76.2 Å². The Bertz CT molecular complexity index is 9090. The van der Waals surface area contributed by atoms with Gasteiger partial charge in [0.2, 0.25) is 11.9 Å². The Labute approximate surface area is 689 Å². The largest absolute Gasteiger partial charge is 0.309 e. The maximum absolute atomic E-state index is 5.62. The summed E-state index contributed by atoms with van der Waals surface area (Å²) in [4.78, 5) is 21.9. The van der Waals surface area contributed by atoms with Gasteiger partial charge in [0.1, 0.15) is 0 Å². The Morgan fingerprint density at radius 3 is 1.05 bits per heavy atom. The molecule has 0 fully saturated rings. The molecule has 0 radical (unpaired) electrons. The van der Waals surface area contributed by atoms with Crippen molar-refractivity contribution in [2.24, 2.45) is 0 Å². The summed E-state index contributed by atoms with van der Waals surface area (Å²) in [6, 6.07) is 142. The molecule has 0 aliphatic heterocycles. The molecule has 0 saturated heterocycles. The van der Waals surface area contributed by atoms with Crippen molar-refractivity contribution in [1.82, 2.24) is 42.8 Å². The molecule has 0 N–H and O–H groups in total. The highest BCUT2D eigenvalue weighted by molar-refractivity contribution is 7.25. The number of rotatable bonds is 7. The summed E-state index contributed by atoms with van der Waals surface area (Å²) in [6.07, 6.45) is 0. The fourth-order valence-electron chi connectivity index (χ4n) is 20.0. The monoisotopic (exact) mass is 1540 g/mol. The number of benzene rings is 19. The van der Waals surface area contributed by atoms with E-state index in [1.54, 1.807) is 0 Å². The summed E-state index contributed by atoms with van der Waals surface area (Å²) in [5, 5.41) is 26.4. The lowest BCUT2D eigenvalue weighted by Gasteiger charge is -2.16. The lowest BCUT2D eigenvalue weighted by molar-refractivity contribution is 1.01. The Balaban J connectivity index is 0.000000130. The van der Waals surface area contributed by atoms with Crippen LogP contribution in [0.1, 0.15) is 0 Å². The molecule has 27 aromatic rings. The van der Waals surface area contributed by atoms with E-state index in [1.807, 2.05) is 11.3 Å². The Morgan fingerprint density at radius 2 is 0.542 bits per heavy atom. The molecular weight excluding hydrogens is 1480 g/mol. The molecule has 8 heterocycles. The zero-order valence-corrected chi connectivity index (χ0v) is 65.3. The van der Waals surface area contributed by atoms with E-state index in [2.05, 4.69) is 417 Å². The lowest BCUT2D eigenvalue weighted by atomic mass is 10.0. The van der Waals surface area contributed by atoms with Gasteiger partial charge < -0.3 is 13.7 Å². The van der Waals surface area contributed by atoms with E-state index >= 15 is 0 Å². The quantitative estimate of drug-likeness (QED) is 0.159. The minimum absolute atomic E-state index is 0.632. The van der Waals surface area contributed by atoms with Gasteiger partial charge in [0, 0.05) is 112 Å². The van der Waals surface area contributed by atoms with Gasteiger partial charge in [-0.25, -0.2) is 19.9 Å². The third-order valence-corrected chi connectivity index (χ3v) is 26.2. The molecule has 556 valence electrons. The molecule has 0 unspecified atom stereocenters. The Hall–Kier alpha value is -15.9. The van der Waals surface area contributed by atoms with E-state index in [4.69, 9.17) is 19.9 Å². The first-order valence-electron chi connectivity index (χ1n) is 40.8. The lowest BCUT2D eigenvalue weighted by Crippen LogP contribution is -2.04. The van der Waals surface area contributed by atoms with Gasteiger partial charge >= 0.3 is 0 Å². The standard InChI is InChI=1S/C58H35N5.C52H30N4S/c1-2-18-39(19-3-1)61-48-27-13-9-22-42(48)43-32-30-38(35-52(43)61)56-44-23-8-12-26-47(44)59-58(60-56)63-50-29-15-11-25-46(50)55-53(63)34-37-17-5-7-21-41(37)57(55)62-49-28-14-10-24-45(49)54-40-20-6-4-16-36(40)31-33-51(54)62;1-3-15-34-31(13-1)26-28-44-48(34)39-19-6-10-22-42(39)55(44)51-35-16-4-2-14-32(35)29-45-49(51)40-20-7-11-23-43(40)56(45)52-53-41-21-9-5-18-38(41)50(54-52)33-25-27-37-36-17-8-12-24-46(36)57-47(37)30-33/h1-35H;1-30H. The fraction of sp³-hybridized carbons (Fsp3) is 0. The van der Waals surface area contributed by atoms with Crippen LogP contribution in [-0.4, -0.2) is 42.8 Å². The molecular formula is C110H65N9S. The zero-order chi connectivity index (χ0) is 78.4. The van der Waals surface area contributed by atoms with Crippen molar-refractivity contribution in [3.05, 3.63) is 394 Å². The molecule has 10 heteroatoms. The van der Waals surface area contributed by atoms with Gasteiger partial charge in [-0.3, -0.25) is 9.13 Å². The Kier molecular flexibility index (Phi) is 14.3. The second-order valence-electron chi connectivity index (χ2n) is 31.5. The first-order chi connectivity index (χ1) is 59.6. The van der Waals surface area contributed by atoms with Crippen molar-refractivity contribution in [2.75, 3.05) is 0 Å². The van der Waals surface area contributed by atoms with Gasteiger partial charge in [0.15, 0.2) is 0 Å². The molecule has 0 amide bonds. The molecule has 8 aromatic heterocycles. The Morgan fingerprint density at radius 1 is 0.183 bits per heavy atom. The number of para-hydroxylation sites is 8. The highest BCUT2D eigenvalue weighted by Gasteiger charge is 2.29. The van der Waals surface area contributed by atoms with Crippen molar-refractivity contribution in [2.45, 2.75) is 0 Å². The van der Waals surface area contributed by atoms with Crippen LogP contribution < -0.4 is 0 Å². The average molecular weight is 1540 g/mol. The van der Waals surface area contributed by atoms with Crippen LogP contribution in [0.15, 0.2) is 394 Å². The highest BCUT2D eigenvalue weighted by atomic mass is 32.1. The molecule has 0 bridgehead atoms. The molecule has 0 atom stereocenters. The second-order valence-corrected chi connectivity index (χ2v) is 32.5. The van der Waals surface area contributed by atoms with Crippen molar-refractivity contribution >= 4 is 205 Å². The summed E-state index contributed by atoms with van der Waals surface area (Å²) in [6.45, 7) is 0. The number of hydrogen-bond donors (Lipinski definition) is 0. The molecule has 19 aromatic carbocycles. The van der Waals surface area contributed by atoms with Crippen LogP contribution in [0.25, 0.3) is 246 Å². The van der Waals surface area contributed by atoms with E-state index in [0.717, 1.165) is 116 Å². The predicted octanol–water partition coefficient (Wildman–Crippen LogP) is 29.1. The summed E-state index contributed by atoms with van der Waals surface area (Å²) < 4.78 is 14.5. The molecule has 120 heavy (non-hydrogen) atoms. The summed E-state index contributed by atoms with van der Waals surface area (Å²) in [7, 11) is 0. The van der Waals surface area contributed by atoms with E-state index in [1.165, 1.54) is 118 Å². The number of thiophene rings is 1. The number of hydrogen-bond acceptors (Lipinski definition) is 5. The number of fused-ring (bicyclic) bond motifs is 26. The van der Waals surface area contributed by atoms with Gasteiger partial charge in [-0.15, -0.1) is 11.3 Å². The first kappa shape index (κ1) is 66.4. The van der Waals surface area contributed by atoms with Crippen molar-refractivity contribution in [3.63, 3.8) is 0 Å². The van der Waals surface area contributed by atoms with E-state index in [9.17, 15) is 0 Å². The first-order valence-corrected chi connectivity index (χ1v) is 41.7. The number of aromatic nitrogens is 9. The van der Waals surface area contributed by atoms with Crippen molar-refractivity contribution < 1.29 is 0 Å². The highest BCUT2D eigenvalue weighted by Crippen LogP contribution is 2.49. The second kappa shape index (κ2) is 25.8. The van der Waals surface area contributed by atoms with Crippen LogP contribution in [0, 0.1) is 0 Å². The number of nitrogens with zero attached hydrogens (tertiary/aromatic N) is 9.